The number of hydrogen-bond donors (Lipinski definition) is 2. The molecule has 0 saturated heterocycles. The Morgan fingerprint density at radius 2 is 1.86 bits per heavy atom. The van der Waals surface area contributed by atoms with Crippen molar-refractivity contribution in [1.82, 2.24) is 0 Å². The highest BCUT2D eigenvalue weighted by atomic mass is 79.9. The molecule has 0 aliphatic carbocycles. The van der Waals surface area contributed by atoms with E-state index < -0.39 is 0 Å². The van der Waals surface area contributed by atoms with Gasteiger partial charge in [-0.2, -0.15) is 5.10 Å². The first-order valence-corrected chi connectivity index (χ1v) is 7.92. The summed E-state index contributed by atoms with van der Waals surface area (Å²) in [6.45, 7) is 0.449. The number of nitrogens with zero attached hydrogens (tertiary/aromatic N) is 2. The van der Waals surface area contributed by atoms with Crippen LogP contribution < -0.4 is 16.2 Å². The van der Waals surface area contributed by atoms with Gasteiger partial charge in [-0.3, -0.25) is 0 Å². The first-order chi connectivity index (χ1) is 10.6. The lowest BCUT2D eigenvalue weighted by atomic mass is 10.2. The fourth-order valence-electron chi connectivity index (χ4n) is 1.72. The average molecular weight is 426 g/mol. The first-order valence-electron chi connectivity index (χ1n) is 6.34. The summed E-state index contributed by atoms with van der Waals surface area (Å²) in [6, 6.07) is 13.7. The zero-order valence-corrected chi connectivity index (χ0v) is 14.7. The highest BCUT2D eigenvalue weighted by molar-refractivity contribution is 9.11. The van der Waals surface area contributed by atoms with Crippen molar-refractivity contribution in [3.8, 4) is 5.75 Å². The molecule has 0 bridgehead atoms. The number of guanidine groups is 1. The van der Waals surface area contributed by atoms with Gasteiger partial charge in [-0.25, -0.2) is 0 Å². The molecule has 0 aliphatic heterocycles. The van der Waals surface area contributed by atoms with Gasteiger partial charge < -0.3 is 16.2 Å². The topological polar surface area (TPSA) is 86.0 Å². The van der Waals surface area contributed by atoms with Gasteiger partial charge in [-0.05, 0) is 33.6 Å². The maximum atomic E-state index is 5.90. The van der Waals surface area contributed by atoms with Crippen LogP contribution in [0.5, 0.6) is 5.75 Å². The molecule has 2 rings (SSSR count). The Labute approximate surface area is 145 Å². The second-order valence-electron chi connectivity index (χ2n) is 4.35. The summed E-state index contributed by atoms with van der Waals surface area (Å²) in [6.07, 6.45) is 1.54. The van der Waals surface area contributed by atoms with E-state index in [0.29, 0.717) is 12.4 Å². The SMILES string of the molecule is NC(N)=N/N=C/c1cc(Br)cc(Br)c1OCc1ccccc1. The zero-order valence-electron chi connectivity index (χ0n) is 11.5. The van der Waals surface area contributed by atoms with E-state index in [1.807, 2.05) is 42.5 Å². The summed E-state index contributed by atoms with van der Waals surface area (Å²) >= 11 is 6.92. The van der Waals surface area contributed by atoms with Crippen LogP contribution >= 0.6 is 31.9 Å². The minimum absolute atomic E-state index is 0.0999. The van der Waals surface area contributed by atoms with Crippen molar-refractivity contribution in [2.45, 2.75) is 6.61 Å². The normalized spacial score (nSPS) is 10.6. The van der Waals surface area contributed by atoms with E-state index in [1.54, 1.807) is 0 Å². The van der Waals surface area contributed by atoms with Crippen molar-refractivity contribution in [3.05, 3.63) is 62.5 Å². The van der Waals surface area contributed by atoms with E-state index in [0.717, 1.165) is 20.1 Å². The molecule has 0 amide bonds. The quantitative estimate of drug-likeness (QED) is 0.437. The molecule has 0 aliphatic rings. The number of nitrogens with two attached hydrogens (primary N) is 2. The number of rotatable bonds is 5. The van der Waals surface area contributed by atoms with Crippen molar-refractivity contribution in [1.29, 1.82) is 0 Å². The van der Waals surface area contributed by atoms with Gasteiger partial charge in [-0.15, -0.1) is 5.10 Å². The van der Waals surface area contributed by atoms with E-state index in [2.05, 4.69) is 42.1 Å². The van der Waals surface area contributed by atoms with E-state index >= 15 is 0 Å². The van der Waals surface area contributed by atoms with Gasteiger partial charge in [0.1, 0.15) is 12.4 Å². The Morgan fingerprint density at radius 1 is 1.14 bits per heavy atom. The fraction of sp³-hybridized carbons (Fsp3) is 0.0667. The Balaban J connectivity index is 2.25. The molecule has 0 atom stereocenters. The third-order valence-corrected chi connectivity index (χ3v) is 3.68. The molecule has 2 aromatic carbocycles. The summed E-state index contributed by atoms with van der Waals surface area (Å²) < 4.78 is 7.59. The van der Waals surface area contributed by atoms with E-state index in [9.17, 15) is 0 Å². The molecule has 7 heteroatoms. The van der Waals surface area contributed by atoms with Gasteiger partial charge >= 0.3 is 0 Å². The van der Waals surface area contributed by atoms with Gasteiger partial charge in [0, 0.05) is 10.0 Å². The fourth-order valence-corrected chi connectivity index (χ4v) is 3.09. The van der Waals surface area contributed by atoms with Gasteiger partial charge in [0.25, 0.3) is 0 Å². The maximum Gasteiger partial charge on any atom is 0.211 e. The molecule has 0 unspecified atom stereocenters. The van der Waals surface area contributed by atoms with Crippen LogP contribution in [0, 0.1) is 0 Å². The summed E-state index contributed by atoms with van der Waals surface area (Å²) in [5.41, 5.74) is 12.3. The largest absolute Gasteiger partial charge is 0.487 e. The predicted octanol–water partition coefficient (Wildman–Crippen LogP) is 3.40. The van der Waals surface area contributed by atoms with Crippen molar-refractivity contribution < 1.29 is 4.74 Å². The van der Waals surface area contributed by atoms with Crippen LogP contribution in [-0.2, 0) is 6.61 Å². The molecule has 5 nitrogen and oxygen atoms in total. The zero-order chi connectivity index (χ0) is 15.9. The second-order valence-corrected chi connectivity index (χ2v) is 6.12. The van der Waals surface area contributed by atoms with Crippen LogP contribution in [0.15, 0.2) is 61.6 Å². The minimum Gasteiger partial charge on any atom is -0.487 e. The highest BCUT2D eigenvalue weighted by Gasteiger charge is 2.09. The van der Waals surface area contributed by atoms with E-state index in [-0.39, 0.29) is 5.96 Å². The molecule has 2 aromatic rings. The number of halogens is 2. The van der Waals surface area contributed by atoms with Gasteiger partial charge in [0.15, 0.2) is 0 Å². The molecule has 0 spiro atoms. The molecule has 0 heterocycles. The molecule has 0 saturated carbocycles. The molecule has 22 heavy (non-hydrogen) atoms. The van der Waals surface area contributed by atoms with E-state index in [4.69, 9.17) is 16.2 Å². The Morgan fingerprint density at radius 3 is 2.55 bits per heavy atom. The van der Waals surface area contributed by atoms with Crippen LogP contribution in [0.25, 0.3) is 0 Å². The molecular weight excluding hydrogens is 412 g/mol. The minimum atomic E-state index is -0.0999. The monoisotopic (exact) mass is 424 g/mol. The van der Waals surface area contributed by atoms with Crippen LogP contribution in [0.3, 0.4) is 0 Å². The molecule has 4 N–H and O–H groups in total. The summed E-state index contributed by atoms with van der Waals surface area (Å²) in [5.74, 6) is 0.568. The lowest BCUT2D eigenvalue weighted by Crippen LogP contribution is -2.21. The highest BCUT2D eigenvalue weighted by Crippen LogP contribution is 2.32. The van der Waals surface area contributed by atoms with Crippen LogP contribution in [0.2, 0.25) is 0 Å². The van der Waals surface area contributed by atoms with Crippen molar-refractivity contribution in [2.24, 2.45) is 21.7 Å². The number of benzene rings is 2. The van der Waals surface area contributed by atoms with Gasteiger partial charge in [0.05, 0.1) is 10.7 Å². The third-order valence-electron chi connectivity index (χ3n) is 2.63. The standard InChI is InChI=1S/C15H14Br2N4O/c16-12-6-11(8-20-21-15(18)19)14(13(17)7-12)22-9-10-4-2-1-3-5-10/h1-8H,9H2,(H4,18,19,21)/b20-8+. The number of hydrogen-bond acceptors (Lipinski definition) is 3. The predicted molar refractivity (Wildman–Crippen MR) is 96.0 cm³/mol. The van der Waals surface area contributed by atoms with Crippen LogP contribution in [0.1, 0.15) is 11.1 Å². The van der Waals surface area contributed by atoms with Crippen LogP contribution in [0.4, 0.5) is 0 Å². The third kappa shape index (κ3) is 4.85. The van der Waals surface area contributed by atoms with Gasteiger partial charge in [-0.1, -0.05) is 46.3 Å². The van der Waals surface area contributed by atoms with Crippen molar-refractivity contribution in [2.75, 3.05) is 0 Å². The van der Waals surface area contributed by atoms with E-state index in [1.165, 1.54) is 6.21 Å². The van der Waals surface area contributed by atoms with Gasteiger partial charge in [0.2, 0.25) is 5.96 Å². The second kappa shape index (κ2) is 7.95. The summed E-state index contributed by atoms with van der Waals surface area (Å²) in [5, 5.41) is 7.42. The first kappa shape index (κ1) is 16.5. The Kier molecular flexibility index (Phi) is 5.97. The van der Waals surface area contributed by atoms with Crippen molar-refractivity contribution >= 4 is 44.0 Å². The average Bonchev–Trinajstić information content (AvgIpc) is 2.47. The lowest BCUT2D eigenvalue weighted by Gasteiger charge is -2.11. The maximum absolute atomic E-state index is 5.90. The Bertz CT molecular complexity index is 698. The molecule has 0 radical (unpaired) electrons. The molecule has 114 valence electrons. The number of ether oxygens (including phenoxy) is 1. The lowest BCUT2D eigenvalue weighted by molar-refractivity contribution is 0.304. The molecule has 0 fully saturated rings. The summed E-state index contributed by atoms with van der Waals surface area (Å²) in [7, 11) is 0. The molecule has 0 aromatic heterocycles. The van der Waals surface area contributed by atoms with Crippen LogP contribution in [-0.4, -0.2) is 12.2 Å². The summed E-state index contributed by atoms with van der Waals surface area (Å²) in [4.78, 5) is 0. The molecular formula is C15H14Br2N4O. The Hall–Kier alpha value is -1.86. The van der Waals surface area contributed by atoms with Crippen molar-refractivity contribution in [3.63, 3.8) is 0 Å². The smallest absolute Gasteiger partial charge is 0.211 e.